The van der Waals surface area contributed by atoms with E-state index in [1.807, 2.05) is 12.1 Å². The first kappa shape index (κ1) is 12.6. The van der Waals surface area contributed by atoms with Gasteiger partial charge in [0, 0.05) is 32.2 Å². The summed E-state index contributed by atoms with van der Waals surface area (Å²) in [5.74, 6) is -0.845. The van der Waals surface area contributed by atoms with Gasteiger partial charge in [-0.25, -0.2) is 4.79 Å². The Morgan fingerprint density at radius 3 is 3.05 bits per heavy atom. The van der Waals surface area contributed by atoms with Crippen LogP contribution in [0.4, 0.5) is 0 Å². The Kier molecular flexibility index (Phi) is 3.53. The largest absolute Gasteiger partial charge is 0.478 e. The van der Waals surface area contributed by atoms with Gasteiger partial charge in [-0.1, -0.05) is 12.1 Å². The number of piperazine rings is 1. The second-order valence-corrected chi connectivity index (χ2v) is 5.57. The first-order valence-electron chi connectivity index (χ1n) is 7.01. The summed E-state index contributed by atoms with van der Waals surface area (Å²) in [4.78, 5) is 16.0. The molecule has 4 heteroatoms. The van der Waals surface area contributed by atoms with Gasteiger partial charge in [0.25, 0.3) is 0 Å². The van der Waals surface area contributed by atoms with Crippen LogP contribution >= 0.6 is 0 Å². The maximum absolute atomic E-state index is 11.0. The Morgan fingerprint density at radius 2 is 2.21 bits per heavy atom. The highest BCUT2D eigenvalue weighted by Gasteiger charge is 2.30. The van der Waals surface area contributed by atoms with E-state index in [0.717, 1.165) is 37.8 Å². The molecule has 2 aliphatic heterocycles. The molecular formula is C15H20N2O2. The fourth-order valence-corrected chi connectivity index (χ4v) is 3.26. The van der Waals surface area contributed by atoms with Gasteiger partial charge >= 0.3 is 5.97 Å². The van der Waals surface area contributed by atoms with Crippen molar-refractivity contribution in [3.63, 3.8) is 0 Å². The molecule has 1 aromatic carbocycles. The number of rotatable bonds is 3. The second kappa shape index (κ2) is 5.31. The van der Waals surface area contributed by atoms with Crippen LogP contribution in [0.1, 0.15) is 28.8 Å². The minimum atomic E-state index is -0.845. The van der Waals surface area contributed by atoms with Crippen molar-refractivity contribution in [1.82, 2.24) is 9.80 Å². The molecule has 2 aliphatic rings. The lowest BCUT2D eigenvalue weighted by Gasteiger charge is -2.37. The molecule has 1 atom stereocenters. The molecule has 0 unspecified atom stereocenters. The molecule has 0 spiro atoms. The van der Waals surface area contributed by atoms with E-state index in [9.17, 15) is 4.79 Å². The van der Waals surface area contributed by atoms with E-state index in [1.54, 1.807) is 12.1 Å². The van der Waals surface area contributed by atoms with Gasteiger partial charge in [-0.2, -0.15) is 0 Å². The lowest BCUT2D eigenvalue weighted by Crippen LogP contribution is -2.49. The van der Waals surface area contributed by atoms with Gasteiger partial charge in [0.2, 0.25) is 0 Å². The summed E-state index contributed by atoms with van der Waals surface area (Å²) < 4.78 is 0. The quantitative estimate of drug-likeness (QED) is 0.897. The average molecular weight is 260 g/mol. The van der Waals surface area contributed by atoms with Gasteiger partial charge in [-0.05, 0) is 37.1 Å². The molecule has 19 heavy (non-hydrogen) atoms. The third-order valence-electron chi connectivity index (χ3n) is 4.25. The summed E-state index contributed by atoms with van der Waals surface area (Å²) in [6, 6.07) is 8.03. The predicted molar refractivity (Wildman–Crippen MR) is 73.3 cm³/mol. The summed E-state index contributed by atoms with van der Waals surface area (Å²) >= 11 is 0. The minimum absolute atomic E-state index is 0.386. The number of carboxylic acid groups (broad SMARTS) is 1. The molecule has 0 bridgehead atoms. The van der Waals surface area contributed by atoms with Crippen LogP contribution in [0.3, 0.4) is 0 Å². The van der Waals surface area contributed by atoms with E-state index in [0.29, 0.717) is 5.56 Å². The summed E-state index contributed by atoms with van der Waals surface area (Å²) in [7, 11) is 0. The fourth-order valence-electron chi connectivity index (χ4n) is 3.26. The molecular weight excluding hydrogens is 240 g/mol. The fraction of sp³-hybridized carbons (Fsp3) is 0.533. The van der Waals surface area contributed by atoms with E-state index >= 15 is 0 Å². The molecule has 102 valence electrons. The highest BCUT2D eigenvalue weighted by Crippen LogP contribution is 2.22. The lowest BCUT2D eigenvalue weighted by molar-refractivity contribution is 0.0696. The van der Waals surface area contributed by atoms with Crippen molar-refractivity contribution >= 4 is 5.97 Å². The minimum Gasteiger partial charge on any atom is -0.478 e. The number of benzene rings is 1. The molecule has 0 radical (unpaired) electrons. The van der Waals surface area contributed by atoms with Crippen molar-refractivity contribution < 1.29 is 9.90 Å². The summed E-state index contributed by atoms with van der Waals surface area (Å²) in [6.45, 7) is 5.49. The van der Waals surface area contributed by atoms with Gasteiger partial charge in [0.15, 0.2) is 0 Å². The van der Waals surface area contributed by atoms with Crippen molar-refractivity contribution in [1.29, 1.82) is 0 Å². The van der Waals surface area contributed by atoms with E-state index in [1.165, 1.54) is 19.4 Å². The van der Waals surface area contributed by atoms with Crippen LogP contribution in [0.15, 0.2) is 24.3 Å². The van der Waals surface area contributed by atoms with E-state index < -0.39 is 5.97 Å². The van der Waals surface area contributed by atoms with Gasteiger partial charge in [-0.3, -0.25) is 9.80 Å². The van der Waals surface area contributed by atoms with Crippen molar-refractivity contribution in [3.8, 4) is 0 Å². The topological polar surface area (TPSA) is 43.8 Å². The molecule has 0 aliphatic carbocycles. The molecule has 4 nitrogen and oxygen atoms in total. The summed E-state index contributed by atoms with van der Waals surface area (Å²) in [5.41, 5.74) is 1.49. The Morgan fingerprint density at radius 1 is 1.32 bits per heavy atom. The van der Waals surface area contributed by atoms with Crippen LogP contribution in [-0.2, 0) is 6.54 Å². The van der Waals surface area contributed by atoms with Crippen LogP contribution in [-0.4, -0.2) is 53.1 Å². The Bertz CT molecular complexity index is 475. The number of fused-ring (bicyclic) bond motifs is 1. The van der Waals surface area contributed by atoms with Crippen LogP contribution < -0.4 is 0 Å². The number of hydrogen-bond donors (Lipinski definition) is 1. The van der Waals surface area contributed by atoms with E-state index in [2.05, 4.69) is 9.80 Å². The number of hydrogen-bond acceptors (Lipinski definition) is 3. The number of carbonyl (C=O) groups is 1. The standard InChI is InChI=1S/C15H20N2O2/c18-15(19)13-4-1-3-12(9-13)10-16-7-8-17-6-2-5-14(17)11-16/h1,3-4,9,14H,2,5-8,10-11H2,(H,18,19)/t14-/m0/s1. The molecule has 3 rings (SSSR count). The molecule has 1 aromatic rings. The third-order valence-corrected chi connectivity index (χ3v) is 4.25. The SMILES string of the molecule is O=C(O)c1cccc(CN2CCN3CCC[C@H]3C2)c1. The number of carboxylic acids is 1. The zero-order valence-electron chi connectivity index (χ0n) is 11.1. The first-order valence-corrected chi connectivity index (χ1v) is 7.01. The zero-order valence-corrected chi connectivity index (χ0v) is 11.1. The van der Waals surface area contributed by atoms with Crippen LogP contribution in [0.2, 0.25) is 0 Å². The second-order valence-electron chi connectivity index (χ2n) is 5.57. The number of aromatic carboxylic acids is 1. The van der Waals surface area contributed by atoms with Gasteiger partial charge in [-0.15, -0.1) is 0 Å². The third kappa shape index (κ3) is 2.80. The highest BCUT2D eigenvalue weighted by atomic mass is 16.4. The maximum Gasteiger partial charge on any atom is 0.335 e. The van der Waals surface area contributed by atoms with Crippen molar-refractivity contribution in [2.45, 2.75) is 25.4 Å². The van der Waals surface area contributed by atoms with Gasteiger partial charge < -0.3 is 5.11 Å². The number of nitrogens with zero attached hydrogens (tertiary/aromatic N) is 2. The molecule has 0 aromatic heterocycles. The van der Waals surface area contributed by atoms with Gasteiger partial charge in [0.1, 0.15) is 0 Å². The van der Waals surface area contributed by atoms with E-state index in [4.69, 9.17) is 5.11 Å². The van der Waals surface area contributed by atoms with Crippen LogP contribution in [0, 0.1) is 0 Å². The van der Waals surface area contributed by atoms with Crippen molar-refractivity contribution in [3.05, 3.63) is 35.4 Å². The molecule has 0 saturated carbocycles. The molecule has 1 N–H and O–H groups in total. The smallest absolute Gasteiger partial charge is 0.335 e. The van der Waals surface area contributed by atoms with Crippen LogP contribution in [0.5, 0.6) is 0 Å². The molecule has 2 saturated heterocycles. The lowest BCUT2D eigenvalue weighted by atomic mass is 10.1. The predicted octanol–water partition coefficient (Wildman–Crippen LogP) is 1.66. The summed E-state index contributed by atoms with van der Waals surface area (Å²) in [6.07, 6.45) is 2.64. The molecule has 2 heterocycles. The molecule has 2 fully saturated rings. The first-order chi connectivity index (χ1) is 9.22. The Hall–Kier alpha value is -1.39. The average Bonchev–Trinajstić information content (AvgIpc) is 2.86. The van der Waals surface area contributed by atoms with Crippen LogP contribution in [0.25, 0.3) is 0 Å². The zero-order chi connectivity index (χ0) is 13.2. The summed E-state index contributed by atoms with van der Waals surface area (Å²) in [5, 5.41) is 9.02. The molecule has 0 amide bonds. The van der Waals surface area contributed by atoms with Crippen molar-refractivity contribution in [2.24, 2.45) is 0 Å². The Labute approximate surface area is 113 Å². The maximum atomic E-state index is 11.0. The Balaban J connectivity index is 1.65. The normalized spacial score (nSPS) is 24.3. The monoisotopic (exact) mass is 260 g/mol. The van der Waals surface area contributed by atoms with Gasteiger partial charge in [0.05, 0.1) is 5.56 Å². The highest BCUT2D eigenvalue weighted by molar-refractivity contribution is 5.87. The van der Waals surface area contributed by atoms with Crippen molar-refractivity contribution in [2.75, 3.05) is 26.2 Å². The van der Waals surface area contributed by atoms with E-state index in [-0.39, 0.29) is 0 Å².